The van der Waals surface area contributed by atoms with Crippen molar-refractivity contribution in [2.24, 2.45) is 0 Å². The Kier molecular flexibility index (Phi) is 4.77. The van der Waals surface area contributed by atoms with E-state index in [4.69, 9.17) is 0 Å². The van der Waals surface area contributed by atoms with Crippen LogP contribution in [0.2, 0.25) is 0 Å². The van der Waals surface area contributed by atoms with Crippen molar-refractivity contribution >= 4 is 22.7 Å². The van der Waals surface area contributed by atoms with Crippen LogP contribution in [-0.2, 0) is 22.6 Å². The highest BCUT2D eigenvalue weighted by molar-refractivity contribution is 5.95. The van der Waals surface area contributed by atoms with Gasteiger partial charge < -0.3 is 14.8 Å². The van der Waals surface area contributed by atoms with Crippen molar-refractivity contribution in [2.75, 3.05) is 13.1 Å². The second kappa shape index (κ2) is 7.59. The van der Waals surface area contributed by atoms with E-state index in [-0.39, 0.29) is 11.8 Å². The van der Waals surface area contributed by atoms with Crippen LogP contribution < -0.4 is 0 Å². The molecule has 0 bridgehead atoms. The first-order valence-electron chi connectivity index (χ1n) is 10.7. The van der Waals surface area contributed by atoms with Crippen molar-refractivity contribution in [3.8, 4) is 0 Å². The number of carbonyl (C=O) groups is 2. The van der Waals surface area contributed by atoms with Crippen molar-refractivity contribution in [1.82, 2.24) is 19.8 Å². The Morgan fingerprint density at radius 1 is 1.07 bits per heavy atom. The van der Waals surface area contributed by atoms with Gasteiger partial charge in [-0.2, -0.15) is 0 Å². The van der Waals surface area contributed by atoms with Crippen LogP contribution in [0.25, 0.3) is 10.9 Å². The second-order valence-corrected chi connectivity index (χ2v) is 8.37. The fourth-order valence-electron chi connectivity index (χ4n) is 5.16. The number of rotatable bonds is 4. The number of aromatic nitrogens is 2. The van der Waals surface area contributed by atoms with E-state index >= 15 is 0 Å². The van der Waals surface area contributed by atoms with Crippen LogP contribution in [0.5, 0.6) is 0 Å². The van der Waals surface area contributed by atoms with Crippen molar-refractivity contribution in [3.05, 3.63) is 66.1 Å². The Morgan fingerprint density at radius 2 is 1.87 bits per heavy atom. The molecule has 5 rings (SSSR count). The third-order valence-electron chi connectivity index (χ3n) is 6.59. The van der Waals surface area contributed by atoms with Crippen molar-refractivity contribution in [1.29, 1.82) is 0 Å². The number of piperidine rings is 1. The molecule has 2 amide bonds. The lowest BCUT2D eigenvalue weighted by Gasteiger charge is -2.44. The molecule has 1 aromatic carbocycles. The molecule has 2 aliphatic heterocycles. The number of nitrogens with one attached hydrogen (secondary N) is 1. The van der Waals surface area contributed by atoms with E-state index in [1.165, 1.54) is 0 Å². The standard InChI is InChI=1S/C24H26N4O2/c29-22(15-18-16-26-21-9-2-1-8-20(18)21)28-14-6-11-24(28)10-5-13-27(23(24)30)17-19-7-3-4-12-25-19/h1-4,7-9,12,16,26H,5-6,10-11,13-15,17H2. The average Bonchev–Trinajstić information content (AvgIpc) is 3.38. The molecule has 2 saturated heterocycles. The van der Waals surface area contributed by atoms with Gasteiger partial charge in [-0.1, -0.05) is 24.3 Å². The van der Waals surface area contributed by atoms with Gasteiger partial charge in [0.05, 0.1) is 18.7 Å². The van der Waals surface area contributed by atoms with E-state index in [0.29, 0.717) is 19.5 Å². The maximum Gasteiger partial charge on any atom is 0.248 e. The molecule has 3 aromatic rings. The minimum Gasteiger partial charge on any atom is -0.361 e. The summed E-state index contributed by atoms with van der Waals surface area (Å²) in [7, 11) is 0. The van der Waals surface area contributed by atoms with Crippen molar-refractivity contribution in [3.63, 3.8) is 0 Å². The molecule has 1 N–H and O–H groups in total. The summed E-state index contributed by atoms with van der Waals surface area (Å²) in [6.07, 6.45) is 7.29. The number of nitrogens with zero attached hydrogens (tertiary/aromatic N) is 3. The van der Waals surface area contributed by atoms with E-state index in [1.807, 2.05) is 58.5 Å². The van der Waals surface area contributed by atoms with Gasteiger partial charge in [0.2, 0.25) is 11.8 Å². The van der Waals surface area contributed by atoms with Crippen LogP contribution >= 0.6 is 0 Å². The summed E-state index contributed by atoms with van der Waals surface area (Å²) in [4.78, 5) is 38.3. The molecular formula is C24H26N4O2. The van der Waals surface area contributed by atoms with E-state index in [1.54, 1.807) is 6.20 Å². The molecule has 1 spiro atoms. The Hall–Kier alpha value is -3.15. The molecule has 2 aliphatic rings. The van der Waals surface area contributed by atoms with Gasteiger partial charge >= 0.3 is 0 Å². The van der Waals surface area contributed by atoms with Crippen LogP contribution in [0.15, 0.2) is 54.9 Å². The fraction of sp³-hybridized carbons (Fsp3) is 0.375. The molecule has 1 atom stereocenters. The first-order valence-corrected chi connectivity index (χ1v) is 10.7. The van der Waals surface area contributed by atoms with Gasteiger partial charge in [0.15, 0.2) is 0 Å². The van der Waals surface area contributed by atoms with Gasteiger partial charge in [-0.25, -0.2) is 0 Å². The summed E-state index contributed by atoms with van der Waals surface area (Å²) in [5, 5.41) is 1.07. The number of likely N-dealkylation sites (tertiary alicyclic amines) is 2. The number of aromatic amines is 1. The predicted molar refractivity (Wildman–Crippen MR) is 115 cm³/mol. The van der Waals surface area contributed by atoms with Gasteiger partial charge in [-0.3, -0.25) is 14.6 Å². The lowest BCUT2D eigenvalue weighted by molar-refractivity contribution is -0.155. The Labute approximate surface area is 175 Å². The molecule has 2 aromatic heterocycles. The van der Waals surface area contributed by atoms with E-state index < -0.39 is 5.54 Å². The molecule has 30 heavy (non-hydrogen) atoms. The molecule has 0 saturated carbocycles. The number of carbonyl (C=O) groups excluding carboxylic acids is 2. The molecular weight excluding hydrogens is 376 g/mol. The van der Waals surface area contributed by atoms with Crippen LogP contribution in [0.1, 0.15) is 36.9 Å². The van der Waals surface area contributed by atoms with Crippen molar-refractivity contribution < 1.29 is 9.59 Å². The number of pyridine rings is 1. The third kappa shape index (κ3) is 3.16. The summed E-state index contributed by atoms with van der Waals surface area (Å²) in [5.74, 6) is 0.134. The normalized spacial score (nSPS) is 21.7. The largest absolute Gasteiger partial charge is 0.361 e. The number of fused-ring (bicyclic) bond motifs is 1. The van der Waals surface area contributed by atoms with Gasteiger partial charge in [0, 0.05) is 36.4 Å². The monoisotopic (exact) mass is 402 g/mol. The van der Waals surface area contributed by atoms with E-state index in [2.05, 4.69) is 9.97 Å². The number of amides is 2. The summed E-state index contributed by atoms with van der Waals surface area (Å²) in [6, 6.07) is 13.8. The summed E-state index contributed by atoms with van der Waals surface area (Å²) < 4.78 is 0. The molecule has 4 heterocycles. The maximum atomic E-state index is 13.6. The first kappa shape index (κ1) is 18.9. The highest BCUT2D eigenvalue weighted by Gasteiger charge is 2.52. The highest BCUT2D eigenvalue weighted by Crippen LogP contribution is 2.39. The van der Waals surface area contributed by atoms with Gasteiger partial charge in [-0.05, 0) is 49.4 Å². The Bertz CT molecular complexity index is 1080. The fourth-order valence-corrected chi connectivity index (χ4v) is 5.16. The Morgan fingerprint density at radius 3 is 2.70 bits per heavy atom. The minimum atomic E-state index is -0.684. The van der Waals surface area contributed by atoms with Gasteiger partial charge in [0.1, 0.15) is 5.54 Å². The van der Waals surface area contributed by atoms with E-state index in [0.717, 1.165) is 54.4 Å². The van der Waals surface area contributed by atoms with Crippen LogP contribution in [0.3, 0.4) is 0 Å². The van der Waals surface area contributed by atoms with Gasteiger partial charge in [0.25, 0.3) is 0 Å². The number of hydrogen-bond acceptors (Lipinski definition) is 3. The average molecular weight is 402 g/mol. The zero-order valence-corrected chi connectivity index (χ0v) is 17.0. The van der Waals surface area contributed by atoms with Crippen molar-refractivity contribution in [2.45, 2.75) is 44.2 Å². The summed E-state index contributed by atoms with van der Waals surface area (Å²) in [5.41, 5.74) is 2.23. The second-order valence-electron chi connectivity index (χ2n) is 8.37. The highest BCUT2D eigenvalue weighted by atomic mass is 16.2. The topological polar surface area (TPSA) is 69.3 Å². The number of benzene rings is 1. The van der Waals surface area contributed by atoms with Crippen LogP contribution in [-0.4, -0.2) is 50.2 Å². The maximum absolute atomic E-state index is 13.6. The predicted octanol–water partition coefficient (Wildman–Crippen LogP) is 3.29. The summed E-state index contributed by atoms with van der Waals surface area (Å²) in [6.45, 7) is 1.89. The SMILES string of the molecule is O=C(Cc1c[nH]c2ccccc12)N1CCCC12CCCN(Cc1ccccn1)C2=O. The molecule has 0 aliphatic carbocycles. The molecule has 0 radical (unpaired) electrons. The minimum absolute atomic E-state index is 0.0466. The third-order valence-corrected chi connectivity index (χ3v) is 6.59. The van der Waals surface area contributed by atoms with Crippen LogP contribution in [0, 0.1) is 0 Å². The molecule has 6 heteroatoms. The lowest BCUT2D eigenvalue weighted by Crippen LogP contribution is -2.61. The quantitative estimate of drug-likeness (QED) is 0.728. The zero-order valence-electron chi connectivity index (χ0n) is 17.0. The molecule has 6 nitrogen and oxygen atoms in total. The first-order chi connectivity index (χ1) is 14.7. The Balaban J connectivity index is 1.37. The lowest BCUT2D eigenvalue weighted by atomic mass is 9.85. The van der Waals surface area contributed by atoms with Gasteiger partial charge in [-0.15, -0.1) is 0 Å². The smallest absolute Gasteiger partial charge is 0.248 e. The summed E-state index contributed by atoms with van der Waals surface area (Å²) >= 11 is 0. The molecule has 1 unspecified atom stereocenters. The number of para-hydroxylation sites is 1. The number of hydrogen-bond donors (Lipinski definition) is 1. The molecule has 2 fully saturated rings. The van der Waals surface area contributed by atoms with E-state index in [9.17, 15) is 9.59 Å². The molecule has 154 valence electrons. The van der Waals surface area contributed by atoms with Crippen LogP contribution in [0.4, 0.5) is 0 Å². The zero-order chi connectivity index (χ0) is 20.6. The number of H-pyrrole nitrogens is 1.